The van der Waals surface area contributed by atoms with Crippen LogP contribution in [0, 0.1) is 11.3 Å². The monoisotopic (exact) mass is 314 g/mol. The first-order chi connectivity index (χ1) is 8.58. The Bertz CT molecular complexity index is 637. The van der Waals surface area contributed by atoms with Crippen molar-refractivity contribution in [1.29, 1.82) is 5.26 Å². The van der Waals surface area contributed by atoms with Gasteiger partial charge < -0.3 is 10.5 Å². The molecule has 0 saturated heterocycles. The molecule has 0 bridgehead atoms. The molecule has 1 aromatic carbocycles. The van der Waals surface area contributed by atoms with Crippen molar-refractivity contribution in [1.82, 2.24) is 0 Å². The molecule has 0 aliphatic rings. The average molecular weight is 315 g/mol. The number of nitrogens with zero attached hydrogens (tertiary/aromatic N) is 1. The number of nitriles is 1. The van der Waals surface area contributed by atoms with Gasteiger partial charge in [-0.2, -0.15) is 5.26 Å². The van der Waals surface area contributed by atoms with Gasteiger partial charge in [-0.15, -0.1) is 13.2 Å². The molecule has 0 saturated carbocycles. The number of benzene rings is 1. The van der Waals surface area contributed by atoms with E-state index in [1.165, 1.54) is 0 Å². The van der Waals surface area contributed by atoms with E-state index < -0.39 is 26.1 Å². The van der Waals surface area contributed by atoms with E-state index >= 15 is 0 Å². The van der Waals surface area contributed by atoms with Crippen molar-refractivity contribution in [2.45, 2.75) is 17.8 Å². The first-order valence-corrected chi connectivity index (χ1v) is 6.87. The highest BCUT2D eigenvalue weighted by Crippen LogP contribution is 2.34. The lowest BCUT2D eigenvalue weighted by molar-refractivity contribution is -0.275. The zero-order valence-electron chi connectivity index (χ0n) is 9.03. The molecule has 10 heteroatoms. The third kappa shape index (κ3) is 3.99. The molecule has 104 valence electrons. The van der Waals surface area contributed by atoms with Gasteiger partial charge in [-0.25, -0.2) is 8.42 Å². The van der Waals surface area contributed by atoms with Crippen LogP contribution in [0.15, 0.2) is 17.0 Å². The standard InChI is InChI=1S/C9H6ClF3N2O3S/c10-19(16,17)8-2-6(4-15)5(3-14)1-7(8)18-9(11,12)13/h1-2H,3,14H2. The van der Waals surface area contributed by atoms with Crippen molar-refractivity contribution in [2.24, 2.45) is 5.73 Å². The zero-order chi connectivity index (χ0) is 14.8. The van der Waals surface area contributed by atoms with Crippen molar-refractivity contribution >= 4 is 19.7 Å². The third-order valence-corrected chi connectivity index (χ3v) is 3.34. The second-order valence-corrected chi connectivity index (χ2v) is 5.79. The molecular weight excluding hydrogens is 309 g/mol. The molecule has 0 heterocycles. The second kappa shape index (κ2) is 5.24. The van der Waals surface area contributed by atoms with Crippen molar-refractivity contribution < 1.29 is 26.3 Å². The molecule has 0 unspecified atom stereocenters. The number of ether oxygens (including phenoxy) is 1. The van der Waals surface area contributed by atoms with Crippen LogP contribution in [-0.2, 0) is 15.6 Å². The van der Waals surface area contributed by atoms with Gasteiger partial charge in [0.2, 0.25) is 0 Å². The molecule has 0 radical (unpaired) electrons. The van der Waals surface area contributed by atoms with E-state index in [9.17, 15) is 21.6 Å². The van der Waals surface area contributed by atoms with E-state index in [2.05, 4.69) is 4.74 Å². The summed E-state index contributed by atoms with van der Waals surface area (Å²) in [6.45, 7) is -0.264. The van der Waals surface area contributed by atoms with Crippen LogP contribution in [0.25, 0.3) is 0 Å². The number of hydrogen-bond acceptors (Lipinski definition) is 5. The lowest BCUT2D eigenvalue weighted by atomic mass is 10.1. The van der Waals surface area contributed by atoms with E-state index in [4.69, 9.17) is 21.7 Å². The maximum atomic E-state index is 12.2. The lowest BCUT2D eigenvalue weighted by Gasteiger charge is -2.13. The molecule has 19 heavy (non-hydrogen) atoms. The topological polar surface area (TPSA) is 93.2 Å². The first-order valence-electron chi connectivity index (χ1n) is 4.56. The van der Waals surface area contributed by atoms with Crippen molar-refractivity contribution in [3.8, 4) is 11.8 Å². The second-order valence-electron chi connectivity index (χ2n) is 3.26. The Morgan fingerprint density at radius 1 is 1.42 bits per heavy atom. The van der Waals surface area contributed by atoms with Gasteiger partial charge in [0.15, 0.2) is 0 Å². The van der Waals surface area contributed by atoms with Crippen LogP contribution in [0.1, 0.15) is 11.1 Å². The molecule has 1 aromatic rings. The Labute approximate surface area is 110 Å². The molecule has 0 spiro atoms. The van der Waals surface area contributed by atoms with Gasteiger partial charge in [0.1, 0.15) is 10.6 Å². The Morgan fingerprint density at radius 3 is 2.37 bits per heavy atom. The van der Waals surface area contributed by atoms with Crippen LogP contribution < -0.4 is 10.5 Å². The summed E-state index contributed by atoms with van der Waals surface area (Å²) in [5.41, 5.74) is 5.06. The van der Waals surface area contributed by atoms with Gasteiger partial charge in [-0.3, -0.25) is 0 Å². The molecule has 0 atom stereocenters. The smallest absolute Gasteiger partial charge is 0.404 e. The van der Waals surface area contributed by atoms with E-state index in [0.29, 0.717) is 6.07 Å². The fraction of sp³-hybridized carbons (Fsp3) is 0.222. The number of rotatable bonds is 3. The number of halogens is 4. The SMILES string of the molecule is N#Cc1cc(S(=O)(=O)Cl)c(OC(F)(F)F)cc1CN. The number of nitrogens with two attached hydrogens (primary N) is 1. The number of hydrogen-bond donors (Lipinski definition) is 1. The van der Waals surface area contributed by atoms with Gasteiger partial charge in [0, 0.05) is 17.2 Å². The molecule has 2 N–H and O–H groups in total. The zero-order valence-corrected chi connectivity index (χ0v) is 10.6. The fourth-order valence-corrected chi connectivity index (χ4v) is 2.23. The predicted molar refractivity (Wildman–Crippen MR) is 58.8 cm³/mol. The van der Waals surface area contributed by atoms with Crippen molar-refractivity contribution in [3.05, 3.63) is 23.3 Å². The molecule has 0 aromatic heterocycles. The first kappa shape index (κ1) is 15.6. The Balaban J connectivity index is 3.55. The maximum absolute atomic E-state index is 12.2. The minimum atomic E-state index is -5.10. The lowest BCUT2D eigenvalue weighted by Crippen LogP contribution is -2.19. The van der Waals surface area contributed by atoms with Gasteiger partial charge in [-0.1, -0.05) is 0 Å². The van der Waals surface area contributed by atoms with E-state index in [1.54, 1.807) is 6.07 Å². The summed E-state index contributed by atoms with van der Waals surface area (Å²) >= 11 is 0. The number of alkyl halides is 3. The van der Waals surface area contributed by atoms with Crippen LogP contribution in [-0.4, -0.2) is 14.8 Å². The van der Waals surface area contributed by atoms with Gasteiger partial charge in [0.25, 0.3) is 9.05 Å². The Kier molecular flexibility index (Phi) is 4.29. The summed E-state index contributed by atoms with van der Waals surface area (Å²) in [6, 6.07) is 3.02. The van der Waals surface area contributed by atoms with Gasteiger partial charge in [0.05, 0.1) is 11.6 Å². The van der Waals surface area contributed by atoms with Crippen LogP contribution >= 0.6 is 10.7 Å². The van der Waals surface area contributed by atoms with E-state index in [-0.39, 0.29) is 17.7 Å². The van der Waals surface area contributed by atoms with Gasteiger partial charge in [-0.05, 0) is 17.7 Å². The van der Waals surface area contributed by atoms with Gasteiger partial charge >= 0.3 is 6.36 Å². The molecule has 1 rings (SSSR count). The van der Waals surface area contributed by atoms with E-state index in [1.807, 2.05) is 0 Å². The minimum Gasteiger partial charge on any atom is -0.404 e. The highest BCUT2D eigenvalue weighted by Gasteiger charge is 2.34. The molecule has 5 nitrogen and oxygen atoms in total. The highest BCUT2D eigenvalue weighted by molar-refractivity contribution is 8.13. The largest absolute Gasteiger partial charge is 0.573 e. The van der Waals surface area contributed by atoms with E-state index in [0.717, 1.165) is 6.07 Å². The molecule has 0 amide bonds. The average Bonchev–Trinajstić information content (AvgIpc) is 2.24. The maximum Gasteiger partial charge on any atom is 0.573 e. The summed E-state index contributed by atoms with van der Waals surface area (Å²) in [6.07, 6.45) is -5.10. The Hall–Kier alpha value is -1.50. The molecule has 0 aliphatic carbocycles. The summed E-state index contributed by atoms with van der Waals surface area (Å²) in [7, 11) is 0.493. The minimum absolute atomic E-state index is 0.00539. The highest BCUT2D eigenvalue weighted by atomic mass is 35.7. The summed E-state index contributed by atoms with van der Waals surface area (Å²) in [5.74, 6) is -1.03. The summed E-state index contributed by atoms with van der Waals surface area (Å²) in [5, 5.41) is 8.76. The van der Waals surface area contributed by atoms with Crippen molar-refractivity contribution in [3.63, 3.8) is 0 Å². The molecule has 0 fully saturated rings. The van der Waals surface area contributed by atoms with Crippen LogP contribution in [0.3, 0.4) is 0 Å². The Morgan fingerprint density at radius 2 is 2.00 bits per heavy atom. The quantitative estimate of drug-likeness (QED) is 0.859. The van der Waals surface area contributed by atoms with Crippen LogP contribution in [0.4, 0.5) is 13.2 Å². The molecule has 0 aliphatic heterocycles. The normalized spacial score (nSPS) is 12.0. The molecular formula is C9H6ClF3N2O3S. The predicted octanol–water partition coefficient (Wildman–Crippen LogP) is 1.84. The summed E-state index contributed by atoms with van der Waals surface area (Å²) < 4.78 is 62.5. The summed E-state index contributed by atoms with van der Waals surface area (Å²) in [4.78, 5) is -0.944. The fourth-order valence-electron chi connectivity index (χ4n) is 1.27. The van der Waals surface area contributed by atoms with Crippen LogP contribution in [0.5, 0.6) is 5.75 Å². The third-order valence-electron chi connectivity index (χ3n) is 2.00. The van der Waals surface area contributed by atoms with Crippen LogP contribution in [0.2, 0.25) is 0 Å². The van der Waals surface area contributed by atoms with Crippen molar-refractivity contribution in [2.75, 3.05) is 0 Å².